The predicted molar refractivity (Wildman–Crippen MR) is 64.5 cm³/mol. The normalized spacial score (nSPS) is 25.3. The van der Waals surface area contributed by atoms with Crippen LogP contribution in [0.15, 0.2) is 18.2 Å². The molecule has 2 aliphatic rings. The summed E-state index contributed by atoms with van der Waals surface area (Å²) in [5.41, 5.74) is 2.70. The molecule has 0 spiro atoms. The van der Waals surface area contributed by atoms with Crippen molar-refractivity contribution in [3.05, 3.63) is 28.8 Å². The van der Waals surface area contributed by atoms with Crippen molar-refractivity contribution in [3.8, 4) is 0 Å². The number of hydrogen-bond donors (Lipinski definition) is 1. The van der Waals surface area contributed by atoms with E-state index >= 15 is 0 Å². The highest BCUT2D eigenvalue weighted by atomic mass is 35.5. The van der Waals surface area contributed by atoms with Gasteiger partial charge >= 0.3 is 0 Å². The first kappa shape index (κ1) is 9.53. The Hall–Kier alpha value is -0.690. The lowest BCUT2D eigenvalue weighted by Crippen LogP contribution is -2.24. The standard InChI is InChI=1S/C13H16ClN/c14-11-5-6-12-10(7-11)8-13(15-12)9-3-1-2-4-9/h5-7,9,13,15H,1-4,8H2. The molecule has 2 heteroatoms. The number of halogens is 1. The van der Waals surface area contributed by atoms with Crippen LogP contribution in [0.4, 0.5) is 5.69 Å². The molecule has 1 fully saturated rings. The summed E-state index contributed by atoms with van der Waals surface area (Å²) in [4.78, 5) is 0. The summed E-state index contributed by atoms with van der Waals surface area (Å²) in [6, 6.07) is 6.87. The van der Waals surface area contributed by atoms with E-state index in [0.29, 0.717) is 6.04 Å². The van der Waals surface area contributed by atoms with Crippen LogP contribution in [0.3, 0.4) is 0 Å². The van der Waals surface area contributed by atoms with E-state index in [4.69, 9.17) is 11.6 Å². The third-order valence-electron chi connectivity index (χ3n) is 3.82. The molecule has 1 aromatic carbocycles. The molecule has 1 aliphatic carbocycles. The fourth-order valence-corrected chi connectivity index (χ4v) is 3.20. The Bertz CT molecular complexity index is 369. The van der Waals surface area contributed by atoms with E-state index < -0.39 is 0 Å². The van der Waals surface area contributed by atoms with Crippen LogP contribution in [0.25, 0.3) is 0 Å². The van der Waals surface area contributed by atoms with Crippen LogP contribution >= 0.6 is 11.6 Å². The lowest BCUT2D eigenvalue weighted by atomic mass is 9.95. The molecular weight excluding hydrogens is 206 g/mol. The molecule has 1 aliphatic heterocycles. The molecule has 1 nitrogen and oxygen atoms in total. The molecular formula is C13H16ClN. The van der Waals surface area contributed by atoms with Crippen LogP contribution < -0.4 is 5.32 Å². The lowest BCUT2D eigenvalue weighted by molar-refractivity contribution is 0.466. The largest absolute Gasteiger partial charge is 0.381 e. The summed E-state index contributed by atoms with van der Waals surface area (Å²) in [5, 5.41) is 4.51. The topological polar surface area (TPSA) is 12.0 Å². The van der Waals surface area contributed by atoms with Gasteiger partial charge in [-0.1, -0.05) is 24.4 Å². The average Bonchev–Trinajstić information content (AvgIpc) is 2.84. The maximum atomic E-state index is 6.00. The number of rotatable bonds is 1. The van der Waals surface area contributed by atoms with Gasteiger partial charge < -0.3 is 5.32 Å². The highest BCUT2D eigenvalue weighted by molar-refractivity contribution is 6.30. The molecule has 0 radical (unpaired) electrons. The Kier molecular flexibility index (Phi) is 2.36. The van der Waals surface area contributed by atoms with Crippen LogP contribution in [0.2, 0.25) is 5.02 Å². The van der Waals surface area contributed by atoms with Crippen molar-refractivity contribution in [1.29, 1.82) is 0 Å². The van der Waals surface area contributed by atoms with Crippen LogP contribution in [0, 0.1) is 5.92 Å². The zero-order valence-electron chi connectivity index (χ0n) is 8.80. The van der Waals surface area contributed by atoms with Gasteiger partial charge in [0.1, 0.15) is 0 Å². The SMILES string of the molecule is Clc1ccc2c(c1)CC(C1CCCC1)N2. The molecule has 1 N–H and O–H groups in total. The van der Waals surface area contributed by atoms with Gasteiger partial charge in [-0.05, 0) is 48.9 Å². The molecule has 15 heavy (non-hydrogen) atoms. The molecule has 0 bridgehead atoms. The van der Waals surface area contributed by atoms with Gasteiger partial charge in [-0.2, -0.15) is 0 Å². The van der Waals surface area contributed by atoms with E-state index in [1.165, 1.54) is 43.4 Å². The molecule has 1 saturated carbocycles. The second-order valence-electron chi connectivity index (χ2n) is 4.80. The lowest BCUT2D eigenvalue weighted by Gasteiger charge is -2.18. The third-order valence-corrected chi connectivity index (χ3v) is 4.05. The van der Waals surface area contributed by atoms with Gasteiger partial charge in [-0.25, -0.2) is 0 Å². The van der Waals surface area contributed by atoms with Gasteiger partial charge in [0.05, 0.1) is 0 Å². The fourth-order valence-electron chi connectivity index (χ4n) is 3.00. The molecule has 1 unspecified atom stereocenters. The highest BCUT2D eigenvalue weighted by Gasteiger charge is 2.29. The smallest absolute Gasteiger partial charge is 0.0410 e. The van der Waals surface area contributed by atoms with Crippen LogP contribution in [-0.4, -0.2) is 6.04 Å². The van der Waals surface area contributed by atoms with Crippen molar-refractivity contribution in [2.75, 3.05) is 5.32 Å². The molecule has 1 atom stereocenters. The second-order valence-corrected chi connectivity index (χ2v) is 5.24. The van der Waals surface area contributed by atoms with Gasteiger partial charge in [0, 0.05) is 16.8 Å². The first-order valence-corrected chi connectivity index (χ1v) is 6.26. The summed E-state index contributed by atoms with van der Waals surface area (Å²) in [7, 11) is 0. The van der Waals surface area contributed by atoms with E-state index in [0.717, 1.165) is 10.9 Å². The van der Waals surface area contributed by atoms with Crippen molar-refractivity contribution in [2.24, 2.45) is 5.92 Å². The van der Waals surface area contributed by atoms with Crippen molar-refractivity contribution in [2.45, 2.75) is 38.1 Å². The number of anilines is 1. The minimum atomic E-state index is 0.668. The summed E-state index contributed by atoms with van der Waals surface area (Å²) >= 11 is 6.00. The molecule has 1 heterocycles. The van der Waals surface area contributed by atoms with Crippen LogP contribution in [0.1, 0.15) is 31.2 Å². The molecule has 0 amide bonds. The summed E-state index contributed by atoms with van der Waals surface area (Å²) < 4.78 is 0. The van der Waals surface area contributed by atoms with E-state index in [9.17, 15) is 0 Å². The minimum Gasteiger partial charge on any atom is -0.381 e. The van der Waals surface area contributed by atoms with Gasteiger partial charge in [0.15, 0.2) is 0 Å². The van der Waals surface area contributed by atoms with Gasteiger partial charge in [0.2, 0.25) is 0 Å². The van der Waals surface area contributed by atoms with Crippen molar-refractivity contribution < 1.29 is 0 Å². The minimum absolute atomic E-state index is 0.668. The number of fused-ring (bicyclic) bond motifs is 1. The quantitative estimate of drug-likeness (QED) is 0.759. The Morgan fingerprint density at radius 2 is 2.00 bits per heavy atom. The van der Waals surface area contributed by atoms with E-state index in [2.05, 4.69) is 17.4 Å². The number of nitrogens with one attached hydrogen (secondary N) is 1. The third kappa shape index (κ3) is 1.74. The maximum absolute atomic E-state index is 6.00. The zero-order valence-corrected chi connectivity index (χ0v) is 9.56. The van der Waals surface area contributed by atoms with Gasteiger partial charge in [-0.3, -0.25) is 0 Å². The predicted octanol–water partition coefficient (Wildman–Crippen LogP) is 3.87. The molecule has 1 aromatic rings. The monoisotopic (exact) mass is 221 g/mol. The Labute approximate surface area is 95.8 Å². The van der Waals surface area contributed by atoms with Crippen molar-refractivity contribution >= 4 is 17.3 Å². The summed E-state index contributed by atoms with van der Waals surface area (Å²) in [6.07, 6.45) is 6.80. The van der Waals surface area contributed by atoms with E-state index in [1.54, 1.807) is 0 Å². The van der Waals surface area contributed by atoms with E-state index in [1.807, 2.05) is 6.07 Å². The van der Waals surface area contributed by atoms with Crippen molar-refractivity contribution in [1.82, 2.24) is 0 Å². The Balaban J connectivity index is 1.79. The summed E-state index contributed by atoms with van der Waals surface area (Å²) in [6.45, 7) is 0. The molecule has 0 aromatic heterocycles. The summed E-state index contributed by atoms with van der Waals surface area (Å²) in [5.74, 6) is 0.885. The fraction of sp³-hybridized carbons (Fsp3) is 0.538. The first-order valence-electron chi connectivity index (χ1n) is 5.88. The second kappa shape index (κ2) is 3.71. The average molecular weight is 222 g/mol. The highest BCUT2D eigenvalue weighted by Crippen LogP contribution is 2.37. The van der Waals surface area contributed by atoms with Crippen molar-refractivity contribution in [3.63, 3.8) is 0 Å². The maximum Gasteiger partial charge on any atom is 0.0410 e. The Morgan fingerprint density at radius 3 is 2.80 bits per heavy atom. The number of benzene rings is 1. The first-order chi connectivity index (χ1) is 7.33. The zero-order chi connectivity index (χ0) is 10.3. The van der Waals surface area contributed by atoms with Gasteiger partial charge in [0.25, 0.3) is 0 Å². The van der Waals surface area contributed by atoms with E-state index in [-0.39, 0.29) is 0 Å². The van der Waals surface area contributed by atoms with Gasteiger partial charge in [-0.15, -0.1) is 0 Å². The van der Waals surface area contributed by atoms with Crippen LogP contribution in [0.5, 0.6) is 0 Å². The molecule has 80 valence electrons. The number of hydrogen-bond acceptors (Lipinski definition) is 1. The molecule has 3 rings (SSSR count). The molecule has 0 saturated heterocycles. The van der Waals surface area contributed by atoms with Crippen LogP contribution in [-0.2, 0) is 6.42 Å². The Morgan fingerprint density at radius 1 is 1.20 bits per heavy atom.